The molecular weight excluding hydrogens is 296 g/mol. The first kappa shape index (κ1) is 16.1. The van der Waals surface area contributed by atoms with E-state index >= 15 is 0 Å². The van der Waals surface area contributed by atoms with Crippen LogP contribution < -0.4 is 15.4 Å². The number of anilines is 1. The van der Waals surface area contributed by atoms with Crippen LogP contribution in [0.15, 0.2) is 18.2 Å². The van der Waals surface area contributed by atoms with Gasteiger partial charge < -0.3 is 19.5 Å². The molecule has 1 aromatic rings. The van der Waals surface area contributed by atoms with Crippen LogP contribution in [0.1, 0.15) is 32.8 Å². The highest BCUT2D eigenvalue weighted by molar-refractivity contribution is 5.85. The molecule has 1 atom stereocenters. The van der Waals surface area contributed by atoms with Crippen molar-refractivity contribution in [1.82, 2.24) is 5.32 Å². The number of morpholine rings is 1. The molecule has 0 aliphatic carbocycles. The topological polar surface area (TPSA) is 68.8 Å². The van der Waals surface area contributed by atoms with E-state index in [2.05, 4.69) is 10.6 Å². The Balaban J connectivity index is 1.82. The average molecular weight is 320 g/mol. The van der Waals surface area contributed by atoms with Crippen LogP contribution >= 0.6 is 0 Å². The zero-order valence-electron chi connectivity index (χ0n) is 13.9. The molecule has 0 radical (unpaired) electrons. The lowest BCUT2D eigenvalue weighted by molar-refractivity contribution is 0.00567. The van der Waals surface area contributed by atoms with Gasteiger partial charge in [0.25, 0.3) is 0 Å². The molecule has 1 saturated heterocycles. The van der Waals surface area contributed by atoms with E-state index in [9.17, 15) is 4.79 Å². The molecule has 6 nitrogen and oxygen atoms in total. The highest BCUT2D eigenvalue weighted by Crippen LogP contribution is 2.39. The second-order valence-electron chi connectivity index (χ2n) is 7.00. The second kappa shape index (κ2) is 6.02. The average Bonchev–Trinajstić information content (AvgIpc) is 2.47. The largest absolute Gasteiger partial charge is 0.493 e. The summed E-state index contributed by atoms with van der Waals surface area (Å²) in [5, 5.41) is 6.35. The SMILES string of the molecule is CC(C)(C)OC(=O)Nc1ccc2c(c1)[C@@]1(CCO2)COCCN1. The molecule has 1 spiro atoms. The highest BCUT2D eigenvalue weighted by atomic mass is 16.6. The van der Waals surface area contributed by atoms with Crippen LogP contribution in [-0.4, -0.2) is 38.1 Å². The summed E-state index contributed by atoms with van der Waals surface area (Å²) in [5.41, 5.74) is 0.950. The van der Waals surface area contributed by atoms with E-state index in [1.807, 2.05) is 39.0 Å². The van der Waals surface area contributed by atoms with Gasteiger partial charge in [-0.3, -0.25) is 5.32 Å². The number of benzene rings is 1. The van der Waals surface area contributed by atoms with Crippen LogP contribution in [0.5, 0.6) is 5.75 Å². The fourth-order valence-electron chi connectivity index (χ4n) is 2.99. The van der Waals surface area contributed by atoms with E-state index in [1.165, 1.54) is 0 Å². The number of hydrogen-bond acceptors (Lipinski definition) is 5. The Bertz CT molecular complexity index is 589. The summed E-state index contributed by atoms with van der Waals surface area (Å²) < 4.78 is 16.7. The molecule has 0 unspecified atom stereocenters. The van der Waals surface area contributed by atoms with Crippen LogP contribution in [0, 0.1) is 0 Å². The van der Waals surface area contributed by atoms with Crippen molar-refractivity contribution in [3.05, 3.63) is 23.8 Å². The summed E-state index contributed by atoms with van der Waals surface area (Å²) in [5.74, 6) is 0.837. The number of carbonyl (C=O) groups is 1. The number of hydrogen-bond donors (Lipinski definition) is 2. The maximum absolute atomic E-state index is 12.0. The lowest BCUT2D eigenvalue weighted by Gasteiger charge is -2.42. The molecule has 0 bridgehead atoms. The molecule has 1 fully saturated rings. The molecule has 2 N–H and O–H groups in total. The van der Waals surface area contributed by atoms with Crippen molar-refractivity contribution >= 4 is 11.8 Å². The van der Waals surface area contributed by atoms with Gasteiger partial charge >= 0.3 is 6.09 Å². The normalized spacial score (nSPS) is 23.8. The van der Waals surface area contributed by atoms with Crippen molar-refractivity contribution in [3.63, 3.8) is 0 Å². The number of carbonyl (C=O) groups excluding carboxylic acids is 1. The van der Waals surface area contributed by atoms with Gasteiger partial charge in [0.2, 0.25) is 0 Å². The number of nitrogens with one attached hydrogen (secondary N) is 2. The minimum absolute atomic E-state index is 0.239. The number of amides is 1. The van der Waals surface area contributed by atoms with Gasteiger partial charge in [-0.2, -0.15) is 0 Å². The summed E-state index contributed by atoms with van der Waals surface area (Å²) in [6.07, 6.45) is 0.381. The molecule has 3 rings (SSSR count). The molecule has 1 aromatic carbocycles. The van der Waals surface area contributed by atoms with E-state index in [0.29, 0.717) is 25.5 Å². The van der Waals surface area contributed by atoms with E-state index in [4.69, 9.17) is 14.2 Å². The monoisotopic (exact) mass is 320 g/mol. The minimum atomic E-state index is -0.526. The molecule has 6 heteroatoms. The zero-order chi connectivity index (χ0) is 16.5. The molecule has 2 aliphatic heterocycles. The molecule has 2 aliphatic rings. The molecule has 0 saturated carbocycles. The van der Waals surface area contributed by atoms with Gasteiger partial charge in [-0.05, 0) is 39.0 Å². The number of ether oxygens (including phenoxy) is 3. The lowest BCUT2D eigenvalue weighted by Crippen LogP contribution is -2.54. The number of fused-ring (bicyclic) bond motifs is 2. The van der Waals surface area contributed by atoms with E-state index in [1.54, 1.807) is 0 Å². The van der Waals surface area contributed by atoms with Gasteiger partial charge in [-0.25, -0.2) is 4.79 Å². The van der Waals surface area contributed by atoms with Crippen LogP contribution in [0.4, 0.5) is 10.5 Å². The molecular formula is C17H24N2O4. The van der Waals surface area contributed by atoms with E-state index in [-0.39, 0.29) is 5.54 Å². The standard InChI is InChI=1S/C17H24N2O4/c1-16(2,3)23-15(20)19-12-4-5-14-13(10-12)17(6-8-22-14)11-21-9-7-18-17/h4-5,10,18H,6-9,11H2,1-3H3,(H,19,20)/t17-/m1/s1. The van der Waals surface area contributed by atoms with Crippen molar-refractivity contribution in [1.29, 1.82) is 0 Å². The van der Waals surface area contributed by atoms with Crippen LogP contribution in [-0.2, 0) is 15.0 Å². The maximum Gasteiger partial charge on any atom is 0.412 e. The van der Waals surface area contributed by atoms with Crippen molar-refractivity contribution in [2.24, 2.45) is 0 Å². The van der Waals surface area contributed by atoms with Gasteiger partial charge in [0.15, 0.2) is 0 Å². The molecule has 2 heterocycles. The Hall–Kier alpha value is -1.79. The van der Waals surface area contributed by atoms with Crippen LogP contribution in [0.25, 0.3) is 0 Å². The summed E-state index contributed by atoms with van der Waals surface area (Å²) in [6, 6.07) is 5.66. The first-order valence-electron chi connectivity index (χ1n) is 7.98. The maximum atomic E-state index is 12.0. The van der Waals surface area contributed by atoms with E-state index in [0.717, 1.165) is 24.3 Å². The number of rotatable bonds is 1. The predicted molar refractivity (Wildman–Crippen MR) is 86.9 cm³/mol. The Kier molecular flexibility index (Phi) is 4.21. The summed E-state index contributed by atoms with van der Waals surface area (Å²) in [6.45, 7) is 8.31. The van der Waals surface area contributed by atoms with Crippen molar-refractivity contribution < 1.29 is 19.0 Å². The van der Waals surface area contributed by atoms with Gasteiger partial charge in [-0.15, -0.1) is 0 Å². The van der Waals surface area contributed by atoms with Crippen LogP contribution in [0.3, 0.4) is 0 Å². The van der Waals surface area contributed by atoms with Gasteiger partial charge in [0.05, 0.1) is 25.4 Å². The molecule has 23 heavy (non-hydrogen) atoms. The third-order valence-electron chi connectivity index (χ3n) is 3.99. The minimum Gasteiger partial charge on any atom is -0.493 e. The van der Waals surface area contributed by atoms with Crippen molar-refractivity contribution in [3.8, 4) is 5.75 Å². The lowest BCUT2D eigenvalue weighted by atomic mass is 9.84. The first-order chi connectivity index (χ1) is 10.9. The van der Waals surface area contributed by atoms with Gasteiger partial charge in [-0.1, -0.05) is 0 Å². The first-order valence-corrected chi connectivity index (χ1v) is 7.98. The highest BCUT2D eigenvalue weighted by Gasteiger charge is 2.39. The third-order valence-corrected chi connectivity index (χ3v) is 3.99. The van der Waals surface area contributed by atoms with Crippen LogP contribution in [0.2, 0.25) is 0 Å². The van der Waals surface area contributed by atoms with Crippen molar-refractivity contribution in [2.45, 2.75) is 38.3 Å². The fraction of sp³-hybridized carbons (Fsp3) is 0.588. The van der Waals surface area contributed by atoms with E-state index < -0.39 is 11.7 Å². The Morgan fingerprint density at radius 2 is 2.17 bits per heavy atom. The predicted octanol–water partition coefficient (Wildman–Crippen LogP) is 2.63. The Morgan fingerprint density at radius 1 is 1.35 bits per heavy atom. The van der Waals surface area contributed by atoms with Crippen molar-refractivity contribution in [2.75, 3.05) is 31.7 Å². The molecule has 1 amide bonds. The third kappa shape index (κ3) is 3.59. The Morgan fingerprint density at radius 3 is 2.87 bits per heavy atom. The fourth-order valence-corrected chi connectivity index (χ4v) is 2.99. The summed E-state index contributed by atoms with van der Waals surface area (Å²) in [4.78, 5) is 12.0. The Labute approximate surface area is 136 Å². The molecule has 0 aromatic heterocycles. The second-order valence-corrected chi connectivity index (χ2v) is 7.00. The smallest absolute Gasteiger partial charge is 0.412 e. The zero-order valence-corrected chi connectivity index (χ0v) is 13.9. The summed E-state index contributed by atoms with van der Waals surface area (Å²) >= 11 is 0. The van der Waals surface area contributed by atoms with Gasteiger partial charge in [0.1, 0.15) is 11.4 Å². The van der Waals surface area contributed by atoms with Gasteiger partial charge in [0, 0.05) is 24.2 Å². The quantitative estimate of drug-likeness (QED) is 0.832. The summed E-state index contributed by atoms with van der Waals surface area (Å²) in [7, 11) is 0. The molecule has 126 valence electrons.